The summed E-state index contributed by atoms with van der Waals surface area (Å²) < 4.78 is 0. The van der Waals surface area contributed by atoms with E-state index in [1.54, 1.807) is 11.3 Å². The first-order chi connectivity index (χ1) is 7.09. The van der Waals surface area contributed by atoms with Crippen LogP contribution in [0.5, 0.6) is 0 Å². The highest BCUT2D eigenvalue weighted by atomic mass is 32.1. The van der Waals surface area contributed by atoms with Crippen molar-refractivity contribution in [3.63, 3.8) is 0 Å². The molecule has 0 aliphatic heterocycles. The molecule has 0 aliphatic rings. The first kappa shape index (κ1) is 10.9. The molecular formula is C12H15NS2. The molecule has 2 N–H and O–H groups in total. The predicted molar refractivity (Wildman–Crippen MR) is 68.9 cm³/mol. The molecule has 2 aromatic rings. The molecule has 0 bridgehead atoms. The Hall–Kier alpha value is -0.640. The molecule has 1 atom stereocenters. The molecule has 0 saturated carbocycles. The van der Waals surface area contributed by atoms with Gasteiger partial charge in [-0.15, -0.1) is 22.7 Å². The molecule has 0 aliphatic carbocycles. The first-order valence-electron chi connectivity index (χ1n) is 4.96. The van der Waals surface area contributed by atoms with Gasteiger partial charge in [-0.1, -0.05) is 0 Å². The van der Waals surface area contributed by atoms with Crippen molar-refractivity contribution in [3.8, 4) is 0 Å². The molecule has 0 aromatic carbocycles. The van der Waals surface area contributed by atoms with Crippen LogP contribution in [-0.2, 0) is 0 Å². The second-order valence-corrected chi connectivity index (χ2v) is 6.09. The minimum atomic E-state index is 0.0590. The highest BCUT2D eigenvalue weighted by Crippen LogP contribution is 2.33. The van der Waals surface area contributed by atoms with Crippen LogP contribution in [0.15, 0.2) is 17.5 Å². The van der Waals surface area contributed by atoms with E-state index in [1.807, 2.05) is 11.3 Å². The third-order valence-corrected chi connectivity index (χ3v) is 4.88. The van der Waals surface area contributed by atoms with Gasteiger partial charge in [0.15, 0.2) is 0 Å². The molecule has 0 amide bonds. The average Bonchev–Trinajstić information content (AvgIpc) is 2.71. The van der Waals surface area contributed by atoms with Gasteiger partial charge in [0.25, 0.3) is 0 Å². The maximum absolute atomic E-state index is 6.30. The van der Waals surface area contributed by atoms with Crippen molar-refractivity contribution in [2.75, 3.05) is 0 Å². The van der Waals surface area contributed by atoms with Crippen molar-refractivity contribution in [3.05, 3.63) is 43.3 Å². The topological polar surface area (TPSA) is 26.0 Å². The highest BCUT2D eigenvalue weighted by molar-refractivity contribution is 7.13. The fourth-order valence-electron chi connectivity index (χ4n) is 1.79. The molecular weight excluding hydrogens is 222 g/mol. The molecule has 2 rings (SSSR count). The van der Waals surface area contributed by atoms with E-state index in [0.29, 0.717) is 0 Å². The van der Waals surface area contributed by atoms with Crippen LogP contribution < -0.4 is 5.73 Å². The minimum absolute atomic E-state index is 0.0590. The fraction of sp³-hybridized carbons (Fsp3) is 0.333. The Balaban J connectivity index is 2.40. The second-order valence-electron chi connectivity index (χ2n) is 3.85. The van der Waals surface area contributed by atoms with Gasteiger partial charge in [0.05, 0.1) is 6.04 Å². The van der Waals surface area contributed by atoms with Crippen LogP contribution >= 0.6 is 22.7 Å². The van der Waals surface area contributed by atoms with Crippen LogP contribution in [0.1, 0.15) is 31.8 Å². The van der Waals surface area contributed by atoms with Crippen molar-refractivity contribution in [2.24, 2.45) is 5.73 Å². The number of thiophene rings is 2. The minimum Gasteiger partial charge on any atom is -0.319 e. The van der Waals surface area contributed by atoms with Crippen LogP contribution in [0.25, 0.3) is 0 Å². The second kappa shape index (κ2) is 4.08. The highest BCUT2D eigenvalue weighted by Gasteiger charge is 2.16. The number of rotatable bonds is 2. The summed E-state index contributed by atoms with van der Waals surface area (Å²) >= 11 is 3.56. The van der Waals surface area contributed by atoms with Gasteiger partial charge < -0.3 is 5.73 Å². The smallest absolute Gasteiger partial charge is 0.0745 e. The molecule has 0 spiro atoms. The molecule has 0 radical (unpaired) electrons. The summed E-state index contributed by atoms with van der Waals surface area (Å²) in [6.07, 6.45) is 0. The van der Waals surface area contributed by atoms with Gasteiger partial charge >= 0.3 is 0 Å². The van der Waals surface area contributed by atoms with E-state index in [2.05, 4.69) is 38.3 Å². The van der Waals surface area contributed by atoms with Crippen LogP contribution in [0.4, 0.5) is 0 Å². The molecule has 3 heteroatoms. The van der Waals surface area contributed by atoms with Gasteiger partial charge in [-0.05, 0) is 49.4 Å². The van der Waals surface area contributed by atoms with E-state index in [0.717, 1.165) is 0 Å². The van der Waals surface area contributed by atoms with Crippen molar-refractivity contribution in [1.29, 1.82) is 0 Å². The lowest BCUT2D eigenvalue weighted by Gasteiger charge is -2.10. The molecule has 0 fully saturated rings. The van der Waals surface area contributed by atoms with Crippen LogP contribution in [0.3, 0.4) is 0 Å². The van der Waals surface area contributed by atoms with Crippen LogP contribution in [-0.4, -0.2) is 0 Å². The summed E-state index contributed by atoms with van der Waals surface area (Å²) in [5, 5.41) is 2.11. The van der Waals surface area contributed by atoms with E-state index in [-0.39, 0.29) is 6.04 Å². The van der Waals surface area contributed by atoms with E-state index in [4.69, 9.17) is 5.73 Å². The summed E-state index contributed by atoms with van der Waals surface area (Å²) in [7, 11) is 0. The number of hydrogen-bond acceptors (Lipinski definition) is 3. The lowest BCUT2D eigenvalue weighted by atomic mass is 10.1. The molecule has 2 heterocycles. The number of nitrogens with two attached hydrogens (primary N) is 1. The summed E-state index contributed by atoms with van der Waals surface area (Å²) in [5.74, 6) is 0. The lowest BCUT2D eigenvalue weighted by Crippen LogP contribution is -2.10. The zero-order valence-corrected chi connectivity index (χ0v) is 10.8. The summed E-state index contributed by atoms with van der Waals surface area (Å²) in [6, 6.07) is 4.40. The van der Waals surface area contributed by atoms with Crippen LogP contribution in [0.2, 0.25) is 0 Å². The number of aryl methyl sites for hydroxylation is 3. The van der Waals surface area contributed by atoms with E-state index < -0.39 is 0 Å². The zero-order valence-electron chi connectivity index (χ0n) is 9.20. The lowest BCUT2D eigenvalue weighted by molar-refractivity contribution is 0.899. The molecule has 0 saturated heterocycles. The van der Waals surface area contributed by atoms with Gasteiger partial charge in [0.1, 0.15) is 0 Å². The monoisotopic (exact) mass is 237 g/mol. The molecule has 80 valence electrons. The molecule has 15 heavy (non-hydrogen) atoms. The summed E-state index contributed by atoms with van der Waals surface area (Å²) in [4.78, 5) is 3.94. The molecule has 1 unspecified atom stereocenters. The Morgan fingerprint density at radius 1 is 1.13 bits per heavy atom. The van der Waals surface area contributed by atoms with Crippen molar-refractivity contribution >= 4 is 22.7 Å². The molecule has 1 nitrogen and oxygen atoms in total. The Kier molecular flexibility index (Phi) is 2.96. The quantitative estimate of drug-likeness (QED) is 0.845. The van der Waals surface area contributed by atoms with Crippen molar-refractivity contribution < 1.29 is 0 Å². The van der Waals surface area contributed by atoms with Gasteiger partial charge in [-0.25, -0.2) is 0 Å². The van der Waals surface area contributed by atoms with E-state index in [1.165, 1.54) is 25.8 Å². The average molecular weight is 237 g/mol. The van der Waals surface area contributed by atoms with E-state index >= 15 is 0 Å². The fourth-order valence-corrected chi connectivity index (χ4v) is 3.85. The predicted octanol–water partition coefficient (Wildman–Crippen LogP) is 3.78. The Labute approximate surface area is 98.6 Å². The largest absolute Gasteiger partial charge is 0.319 e. The van der Waals surface area contributed by atoms with Gasteiger partial charge in [-0.3, -0.25) is 0 Å². The van der Waals surface area contributed by atoms with E-state index in [9.17, 15) is 0 Å². The molecule has 2 aromatic heterocycles. The summed E-state index contributed by atoms with van der Waals surface area (Å²) in [5.41, 5.74) is 8.92. The Bertz CT molecular complexity index is 468. The van der Waals surface area contributed by atoms with Gasteiger partial charge in [0.2, 0.25) is 0 Å². The standard InChI is InChI=1S/C12H15NS2/c1-7-4-5-14-11(7)10(13)12-8(2)6-9(3)15-12/h4-6,10H,13H2,1-3H3. The van der Waals surface area contributed by atoms with Crippen molar-refractivity contribution in [1.82, 2.24) is 0 Å². The number of hydrogen-bond donors (Lipinski definition) is 1. The SMILES string of the molecule is Cc1cc(C)c(C(N)c2sccc2C)s1. The Morgan fingerprint density at radius 3 is 2.33 bits per heavy atom. The third-order valence-electron chi connectivity index (χ3n) is 2.55. The third kappa shape index (κ3) is 2.00. The van der Waals surface area contributed by atoms with Crippen molar-refractivity contribution in [2.45, 2.75) is 26.8 Å². The van der Waals surface area contributed by atoms with Gasteiger partial charge in [-0.2, -0.15) is 0 Å². The normalized spacial score (nSPS) is 13.1. The summed E-state index contributed by atoms with van der Waals surface area (Å²) in [6.45, 7) is 6.40. The van der Waals surface area contributed by atoms with Gasteiger partial charge in [0, 0.05) is 14.6 Å². The van der Waals surface area contributed by atoms with Crippen LogP contribution in [0, 0.1) is 20.8 Å². The first-order valence-corrected chi connectivity index (χ1v) is 6.65. The maximum atomic E-state index is 6.30. The zero-order chi connectivity index (χ0) is 11.0. The Morgan fingerprint density at radius 2 is 1.87 bits per heavy atom. The maximum Gasteiger partial charge on any atom is 0.0745 e.